The van der Waals surface area contributed by atoms with E-state index < -0.39 is 0 Å². The smallest absolute Gasteiger partial charge is 0.0462 e. The molecule has 64 heavy (non-hydrogen) atoms. The topological polar surface area (TPSA) is 6.48 Å². The third-order valence-corrected chi connectivity index (χ3v) is 12.1. The summed E-state index contributed by atoms with van der Waals surface area (Å²) < 4.78 is 0. The predicted octanol–water partition coefficient (Wildman–Crippen LogP) is 17.9. The van der Waals surface area contributed by atoms with Crippen LogP contribution in [0.2, 0.25) is 0 Å². The van der Waals surface area contributed by atoms with Crippen molar-refractivity contribution < 1.29 is 0 Å². The minimum Gasteiger partial charge on any atom is -0.311 e. The quantitative estimate of drug-likeness (QED) is 0.100. The molecule has 0 unspecified atom stereocenters. The van der Waals surface area contributed by atoms with E-state index in [1.54, 1.807) is 0 Å². The van der Waals surface area contributed by atoms with E-state index in [9.17, 15) is 0 Å². The normalized spacial score (nSPS) is 12.1. The second-order valence-electron chi connectivity index (χ2n) is 18.9. The minimum absolute atomic E-state index is 0.107. The number of para-hydroxylation sites is 2. The van der Waals surface area contributed by atoms with E-state index in [0.29, 0.717) is 0 Å². The van der Waals surface area contributed by atoms with Crippen molar-refractivity contribution in [2.24, 2.45) is 0 Å². The van der Waals surface area contributed by atoms with E-state index in [1.165, 1.54) is 43.8 Å². The molecule has 9 rings (SSSR count). The Morgan fingerprint density at radius 3 is 0.875 bits per heavy atom. The van der Waals surface area contributed by atoms with Crippen LogP contribution in [-0.4, -0.2) is 0 Å². The first-order chi connectivity index (χ1) is 30.9. The van der Waals surface area contributed by atoms with Crippen molar-refractivity contribution in [3.8, 4) is 0 Å². The molecule has 2 heteroatoms. The fourth-order valence-electron chi connectivity index (χ4n) is 8.37. The monoisotopic (exact) mass is 828 g/mol. The predicted molar refractivity (Wildman–Crippen MR) is 279 cm³/mol. The van der Waals surface area contributed by atoms with Crippen molar-refractivity contribution in [1.29, 1.82) is 0 Å². The maximum Gasteiger partial charge on any atom is 0.0462 e. The average molecular weight is 829 g/mol. The van der Waals surface area contributed by atoms with Gasteiger partial charge in [0.05, 0.1) is 0 Å². The molecule has 0 saturated carbocycles. The second-order valence-corrected chi connectivity index (χ2v) is 18.9. The highest BCUT2D eigenvalue weighted by molar-refractivity contribution is 6.00. The van der Waals surface area contributed by atoms with Crippen LogP contribution in [0.3, 0.4) is 0 Å². The van der Waals surface area contributed by atoms with E-state index in [4.69, 9.17) is 0 Å². The van der Waals surface area contributed by atoms with E-state index >= 15 is 0 Å². The first kappa shape index (κ1) is 41.9. The van der Waals surface area contributed by atoms with Gasteiger partial charge in [-0.25, -0.2) is 0 Å². The molecule has 0 spiro atoms. The number of benzene rings is 9. The lowest BCUT2D eigenvalue weighted by Crippen LogP contribution is -2.13. The Labute approximate surface area is 380 Å². The molecule has 0 bridgehead atoms. The minimum atomic E-state index is 0.107. The van der Waals surface area contributed by atoms with E-state index in [1.807, 2.05) is 0 Å². The molecule has 0 atom stereocenters. The Hall–Kier alpha value is -7.42. The summed E-state index contributed by atoms with van der Waals surface area (Å²) in [5.41, 5.74) is 14.4. The zero-order valence-corrected chi connectivity index (χ0v) is 37.8. The van der Waals surface area contributed by atoms with Crippen molar-refractivity contribution >= 4 is 80.0 Å². The number of rotatable bonds is 10. The van der Waals surface area contributed by atoms with Gasteiger partial charge in [-0.3, -0.25) is 0 Å². The summed E-state index contributed by atoms with van der Waals surface area (Å²) in [5, 5.41) is 4.94. The van der Waals surface area contributed by atoms with Crippen LogP contribution in [0.15, 0.2) is 206 Å². The van der Waals surface area contributed by atoms with Gasteiger partial charge >= 0.3 is 0 Å². The molecular weight excluding hydrogens is 773 g/mol. The SMILES string of the molecule is CC(C)(C)c1ccc(N(c2ccccc2)c2ccc(/C=C/c3ccc4cc5cc(/C=C/c6ccc(N(c7ccccc7)c7ccc(C(C)(C)C)cc7)cc6)ccc5cc4c3)cc2)cc1. The summed E-state index contributed by atoms with van der Waals surface area (Å²) in [6, 6.07) is 74.9. The molecule has 0 aromatic heterocycles. The third kappa shape index (κ3) is 9.48. The van der Waals surface area contributed by atoms with E-state index in [-0.39, 0.29) is 10.8 Å². The standard InChI is InChI=1S/C62H56N2/c1-61(2,3)53-29-37-59(38-30-53)63(55-13-9-7-10-14-55)57-33-23-45(24-34-57)17-19-47-21-27-49-44-52-42-48(22-28-50(52)43-51(49)41-47)20-18-46-25-35-58(36-26-46)64(56-15-11-8-12-16-56)60-39-31-54(32-40-60)62(4,5)6/h7-44H,1-6H3/b19-17+,20-18+. The Balaban J connectivity index is 0.895. The fourth-order valence-corrected chi connectivity index (χ4v) is 8.37. The van der Waals surface area contributed by atoms with Crippen LogP contribution in [-0.2, 0) is 10.8 Å². The molecule has 9 aromatic carbocycles. The lowest BCUT2D eigenvalue weighted by molar-refractivity contribution is 0.590. The van der Waals surface area contributed by atoms with Crippen molar-refractivity contribution in [3.63, 3.8) is 0 Å². The number of anilines is 6. The lowest BCUT2D eigenvalue weighted by Gasteiger charge is -2.27. The molecule has 2 nitrogen and oxygen atoms in total. The van der Waals surface area contributed by atoms with Gasteiger partial charge in [-0.2, -0.15) is 0 Å². The molecule has 9 aromatic rings. The molecule has 0 heterocycles. The Kier molecular flexibility index (Phi) is 11.6. The molecule has 0 fully saturated rings. The number of nitrogens with zero attached hydrogens (tertiary/aromatic N) is 2. The number of fused-ring (bicyclic) bond motifs is 2. The first-order valence-corrected chi connectivity index (χ1v) is 22.4. The molecule has 0 aliphatic heterocycles. The largest absolute Gasteiger partial charge is 0.311 e. The van der Waals surface area contributed by atoms with Gasteiger partial charge in [0.25, 0.3) is 0 Å². The summed E-state index contributed by atoms with van der Waals surface area (Å²) in [5.74, 6) is 0. The van der Waals surface area contributed by atoms with E-state index in [2.05, 4.69) is 282 Å². The van der Waals surface area contributed by atoms with Gasteiger partial charge in [0.2, 0.25) is 0 Å². The summed E-state index contributed by atoms with van der Waals surface area (Å²) >= 11 is 0. The molecule has 314 valence electrons. The molecule has 0 radical (unpaired) electrons. The Morgan fingerprint density at radius 1 is 0.266 bits per heavy atom. The van der Waals surface area contributed by atoms with Gasteiger partial charge in [0, 0.05) is 34.1 Å². The zero-order chi connectivity index (χ0) is 44.3. The number of hydrogen-bond donors (Lipinski definition) is 0. The van der Waals surface area contributed by atoms with Crippen LogP contribution in [0.5, 0.6) is 0 Å². The van der Waals surface area contributed by atoms with Crippen molar-refractivity contribution in [3.05, 3.63) is 240 Å². The van der Waals surface area contributed by atoms with Gasteiger partial charge in [-0.15, -0.1) is 0 Å². The summed E-state index contributed by atoms with van der Waals surface area (Å²) in [7, 11) is 0. The summed E-state index contributed by atoms with van der Waals surface area (Å²) in [6.45, 7) is 13.5. The number of hydrogen-bond acceptors (Lipinski definition) is 2. The Morgan fingerprint density at radius 2 is 0.547 bits per heavy atom. The van der Waals surface area contributed by atoms with Gasteiger partial charge in [0.1, 0.15) is 0 Å². The highest BCUT2D eigenvalue weighted by atomic mass is 15.1. The van der Waals surface area contributed by atoms with Crippen LogP contribution in [0.25, 0.3) is 45.8 Å². The molecule has 0 amide bonds. The van der Waals surface area contributed by atoms with Crippen molar-refractivity contribution in [2.75, 3.05) is 9.80 Å². The average Bonchev–Trinajstić information content (AvgIpc) is 3.31. The molecule has 0 saturated heterocycles. The van der Waals surface area contributed by atoms with Crippen molar-refractivity contribution in [2.45, 2.75) is 52.4 Å². The van der Waals surface area contributed by atoms with Gasteiger partial charge < -0.3 is 9.80 Å². The summed E-state index contributed by atoms with van der Waals surface area (Å²) in [4.78, 5) is 4.64. The Bertz CT molecular complexity index is 2840. The van der Waals surface area contributed by atoms with Gasteiger partial charge in [-0.1, -0.05) is 175 Å². The first-order valence-electron chi connectivity index (χ1n) is 22.4. The maximum absolute atomic E-state index is 2.32. The van der Waals surface area contributed by atoms with Gasteiger partial charge in [-0.05, 0) is 163 Å². The van der Waals surface area contributed by atoms with Crippen LogP contribution >= 0.6 is 0 Å². The van der Waals surface area contributed by atoms with E-state index in [0.717, 1.165) is 45.3 Å². The molecule has 0 aliphatic rings. The maximum atomic E-state index is 2.32. The zero-order valence-electron chi connectivity index (χ0n) is 37.8. The third-order valence-electron chi connectivity index (χ3n) is 12.1. The molecule has 0 N–H and O–H groups in total. The second kappa shape index (κ2) is 17.8. The van der Waals surface area contributed by atoms with Crippen LogP contribution in [0.1, 0.15) is 74.9 Å². The lowest BCUT2D eigenvalue weighted by atomic mass is 9.87. The highest BCUT2D eigenvalue weighted by Crippen LogP contribution is 2.38. The molecular formula is C62H56N2. The highest BCUT2D eigenvalue weighted by Gasteiger charge is 2.18. The van der Waals surface area contributed by atoms with Crippen LogP contribution in [0.4, 0.5) is 34.1 Å². The van der Waals surface area contributed by atoms with Gasteiger partial charge in [0.15, 0.2) is 0 Å². The van der Waals surface area contributed by atoms with Crippen LogP contribution < -0.4 is 9.80 Å². The fraction of sp³-hybridized carbons (Fsp3) is 0.129. The summed E-state index contributed by atoms with van der Waals surface area (Å²) in [6.07, 6.45) is 8.83. The van der Waals surface area contributed by atoms with Crippen LogP contribution in [0, 0.1) is 0 Å². The van der Waals surface area contributed by atoms with Crippen molar-refractivity contribution in [1.82, 2.24) is 0 Å². The molecule has 0 aliphatic carbocycles.